The second kappa shape index (κ2) is 9.27. The highest BCUT2D eigenvalue weighted by Gasteiger charge is 2.40. The maximum absolute atomic E-state index is 12.5. The second-order valence-corrected chi connectivity index (χ2v) is 8.00. The van der Waals surface area contributed by atoms with Gasteiger partial charge in [-0.1, -0.05) is 38.5 Å². The Bertz CT molecular complexity index is 356. The van der Waals surface area contributed by atoms with Crippen molar-refractivity contribution in [1.29, 1.82) is 0 Å². The lowest BCUT2D eigenvalue weighted by Crippen LogP contribution is -2.47. The molecule has 3 fully saturated rings. The summed E-state index contributed by atoms with van der Waals surface area (Å²) in [5.41, 5.74) is 0.432. The third-order valence-corrected chi connectivity index (χ3v) is 6.65. The minimum Gasteiger partial charge on any atom is -0.355 e. The predicted octanol–water partition coefficient (Wildman–Crippen LogP) is 4.05. The summed E-state index contributed by atoms with van der Waals surface area (Å²) in [4.78, 5) is 12.5. The van der Waals surface area contributed by atoms with Gasteiger partial charge in [-0.15, -0.1) is 12.4 Å². The van der Waals surface area contributed by atoms with Crippen LogP contribution in [0.1, 0.15) is 77.0 Å². The Morgan fingerprint density at radius 2 is 1.52 bits per heavy atom. The SMILES string of the molecule is Cl.O=C(NCC1(C2CCCCC2)CCCCC1)C1CCNCC1. The molecule has 3 aliphatic rings. The Morgan fingerprint density at radius 1 is 0.913 bits per heavy atom. The van der Waals surface area contributed by atoms with Crippen LogP contribution in [-0.4, -0.2) is 25.5 Å². The van der Waals surface area contributed by atoms with Gasteiger partial charge in [0.25, 0.3) is 0 Å². The van der Waals surface area contributed by atoms with Crippen molar-refractivity contribution in [3.63, 3.8) is 0 Å². The molecule has 2 N–H and O–H groups in total. The Morgan fingerprint density at radius 3 is 2.17 bits per heavy atom. The van der Waals surface area contributed by atoms with Gasteiger partial charge >= 0.3 is 0 Å². The van der Waals surface area contributed by atoms with Crippen LogP contribution >= 0.6 is 12.4 Å². The third kappa shape index (κ3) is 4.85. The van der Waals surface area contributed by atoms with Gasteiger partial charge in [0, 0.05) is 12.5 Å². The fourth-order valence-electron chi connectivity index (χ4n) is 5.19. The predicted molar refractivity (Wildman–Crippen MR) is 97.9 cm³/mol. The molecule has 3 nitrogen and oxygen atoms in total. The van der Waals surface area contributed by atoms with Gasteiger partial charge in [0.1, 0.15) is 0 Å². The zero-order valence-electron chi connectivity index (χ0n) is 14.6. The Hall–Kier alpha value is -0.280. The van der Waals surface area contributed by atoms with E-state index in [1.807, 2.05) is 0 Å². The maximum Gasteiger partial charge on any atom is 0.223 e. The Balaban J connectivity index is 0.00000192. The van der Waals surface area contributed by atoms with Gasteiger partial charge in [-0.3, -0.25) is 4.79 Å². The molecular formula is C19H35ClN2O. The number of halogens is 1. The average molecular weight is 343 g/mol. The average Bonchev–Trinajstić information content (AvgIpc) is 2.62. The molecule has 0 spiro atoms. The number of carbonyl (C=O) groups excluding carboxylic acids is 1. The fraction of sp³-hybridized carbons (Fsp3) is 0.947. The highest BCUT2D eigenvalue weighted by atomic mass is 35.5. The van der Waals surface area contributed by atoms with Crippen molar-refractivity contribution in [2.45, 2.75) is 77.0 Å². The zero-order chi connectivity index (χ0) is 15.3. The highest BCUT2D eigenvalue weighted by Crippen LogP contribution is 2.47. The van der Waals surface area contributed by atoms with Crippen LogP contribution in [0.25, 0.3) is 0 Å². The standard InChI is InChI=1S/C19H34N2O.ClH/c22-18(16-9-13-20-14-10-16)21-15-19(11-5-2-6-12-19)17-7-3-1-4-8-17;/h16-17,20H,1-15H2,(H,21,22);1H. The zero-order valence-corrected chi connectivity index (χ0v) is 15.4. The first-order valence-corrected chi connectivity index (χ1v) is 9.79. The lowest BCUT2D eigenvalue weighted by atomic mass is 9.61. The molecular weight excluding hydrogens is 308 g/mol. The first kappa shape index (κ1) is 19.1. The van der Waals surface area contributed by atoms with E-state index in [9.17, 15) is 4.79 Å². The van der Waals surface area contributed by atoms with Gasteiger partial charge in [0.2, 0.25) is 5.91 Å². The summed E-state index contributed by atoms with van der Waals surface area (Å²) in [6.45, 7) is 2.97. The van der Waals surface area contributed by atoms with E-state index < -0.39 is 0 Å². The van der Waals surface area contributed by atoms with Gasteiger partial charge in [-0.05, 0) is 62.9 Å². The summed E-state index contributed by atoms with van der Waals surface area (Å²) in [7, 11) is 0. The van der Waals surface area contributed by atoms with Crippen LogP contribution in [0.15, 0.2) is 0 Å². The van der Waals surface area contributed by atoms with Crippen molar-refractivity contribution in [3.8, 4) is 0 Å². The Kier molecular flexibility index (Phi) is 7.68. The van der Waals surface area contributed by atoms with E-state index in [1.54, 1.807) is 0 Å². The number of piperidine rings is 1. The number of hydrogen-bond acceptors (Lipinski definition) is 2. The van der Waals surface area contributed by atoms with Crippen LogP contribution in [0, 0.1) is 17.3 Å². The van der Waals surface area contributed by atoms with E-state index in [4.69, 9.17) is 0 Å². The second-order valence-electron chi connectivity index (χ2n) is 8.00. The largest absolute Gasteiger partial charge is 0.355 e. The van der Waals surface area contributed by atoms with Gasteiger partial charge in [-0.25, -0.2) is 0 Å². The minimum atomic E-state index is 0. The topological polar surface area (TPSA) is 41.1 Å². The van der Waals surface area contributed by atoms with Crippen LogP contribution in [0.4, 0.5) is 0 Å². The Labute approximate surface area is 148 Å². The molecule has 0 atom stereocenters. The molecule has 0 radical (unpaired) electrons. The first-order chi connectivity index (χ1) is 10.8. The third-order valence-electron chi connectivity index (χ3n) is 6.65. The first-order valence-electron chi connectivity index (χ1n) is 9.79. The summed E-state index contributed by atoms with van der Waals surface area (Å²) in [5.74, 6) is 1.46. The fourth-order valence-corrected chi connectivity index (χ4v) is 5.19. The van der Waals surface area contributed by atoms with Crippen LogP contribution < -0.4 is 10.6 Å². The molecule has 23 heavy (non-hydrogen) atoms. The summed E-state index contributed by atoms with van der Waals surface area (Å²) in [5, 5.41) is 6.75. The van der Waals surface area contributed by atoms with Crippen molar-refractivity contribution in [2.24, 2.45) is 17.3 Å². The van der Waals surface area contributed by atoms with Gasteiger partial charge in [0.05, 0.1) is 0 Å². The summed E-state index contributed by atoms with van der Waals surface area (Å²) >= 11 is 0. The van der Waals surface area contributed by atoms with Gasteiger partial charge in [-0.2, -0.15) is 0 Å². The van der Waals surface area contributed by atoms with Crippen LogP contribution in [-0.2, 0) is 4.79 Å². The van der Waals surface area contributed by atoms with E-state index in [0.717, 1.165) is 38.4 Å². The van der Waals surface area contributed by atoms with Crippen LogP contribution in [0.3, 0.4) is 0 Å². The van der Waals surface area contributed by atoms with Gasteiger partial charge < -0.3 is 10.6 Å². The van der Waals surface area contributed by atoms with Crippen molar-refractivity contribution < 1.29 is 4.79 Å². The molecule has 4 heteroatoms. The van der Waals surface area contributed by atoms with E-state index in [0.29, 0.717) is 11.3 Å². The van der Waals surface area contributed by atoms with E-state index in [-0.39, 0.29) is 18.3 Å². The molecule has 0 aromatic carbocycles. The molecule has 1 aliphatic heterocycles. The monoisotopic (exact) mass is 342 g/mol. The molecule has 3 rings (SSSR count). The van der Waals surface area contributed by atoms with E-state index >= 15 is 0 Å². The molecule has 1 saturated heterocycles. The van der Waals surface area contributed by atoms with Gasteiger partial charge in [0.15, 0.2) is 0 Å². The minimum absolute atomic E-state index is 0. The number of rotatable bonds is 4. The van der Waals surface area contributed by atoms with E-state index in [2.05, 4.69) is 10.6 Å². The maximum atomic E-state index is 12.5. The van der Waals surface area contributed by atoms with Crippen LogP contribution in [0.2, 0.25) is 0 Å². The summed E-state index contributed by atoms with van der Waals surface area (Å²) < 4.78 is 0. The number of hydrogen-bond donors (Lipinski definition) is 2. The van der Waals surface area contributed by atoms with Crippen molar-refractivity contribution in [2.75, 3.05) is 19.6 Å². The molecule has 2 aliphatic carbocycles. The molecule has 0 unspecified atom stereocenters. The molecule has 0 bridgehead atoms. The summed E-state index contributed by atoms with van der Waals surface area (Å²) in [6.07, 6.45) is 15.9. The lowest BCUT2D eigenvalue weighted by Gasteiger charge is -2.46. The van der Waals surface area contributed by atoms with Crippen molar-refractivity contribution in [1.82, 2.24) is 10.6 Å². The molecule has 134 valence electrons. The normalized spacial score (nSPS) is 26.3. The van der Waals surface area contributed by atoms with E-state index in [1.165, 1.54) is 64.2 Å². The molecule has 1 amide bonds. The quantitative estimate of drug-likeness (QED) is 0.809. The number of nitrogens with one attached hydrogen (secondary N) is 2. The lowest BCUT2D eigenvalue weighted by molar-refractivity contribution is -0.126. The van der Waals surface area contributed by atoms with Crippen LogP contribution in [0.5, 0.6) is 0 Å². The highest BCUT2D eigenvalue weighted by molar-refractivity contribution is 5.85. The molecule has 0 aromatic heterocycles. The number of amides is 1. The van der Waals surface area contributed by atoms with Crippen molar-refractivity contribution in [3.05, 3.63) is 0 Å². The summed E-state index contributed by atoms with van der Waals surface area (Å²) in [6, 6.07) is 0. The molecule has 2 saturated carbocycles. The molecule has 1 heterocycles. The number of carbonyl (C=O) groups is 1. The smallest absolute Gasteiger partial charge is 0.223 e. The van der Waals surface area contributed by atoms with Crippen molar-refractivity contribution >= 4 is 18.3 Å². The molecule has 0 aromatic rings.